The number of carbonyl (C=O) groups excluding carboxylic acids is 1. The zero-order valence-corrected chi connectivity index (χ0v) is 13.2. The van der Waals surface area contributed by atoms with E-state index in [2.05, 4.69) is 37.2 Å². The van der Waals surface area contributed by atoms with Gasteiger partial charge in [-0.05, 0) is 34.1 Å². The maximum Gasteiger partial charge on any atom is 0.238 e. The van der Waals surface area contributed by atoms with Crippen molar-refractivity contribution in [3.8, 4) is 0 Å². The molecule has 0 aliphatic carbocycles. The van der Waals surface area contributed by atoms with Gasteiger partial charge in [-0.1, -0.05) is 15.9 Å². The second-order valence-electron chi connectivity index (χ2n) is 4.50. The lowest BCUT2D eigenvalue weighted by atomic mass is 10.3. The number of anilines is 1. The third kappa shape index (κ3) is 4.00. The minimum absolute atomic E-state index is 0.149. The van der Waals surface area contributed by atoms with Crippen molar-refractivity contribution in [1.82, 2.24) is 4.90 Å². The molecule has 2 unspecified atom stereocenters. The summed E-state index contributed by atoms with van der Waals surface area (Å²) in [4.78, 5) is 13.6. The van der Waals surface area contributed by atoms with Crippen molar-refractivity contribution in [3.63, 3.8) is 0 Å². The molecule has 0 spiro atoms. The van der Waals surface area contributed by atoms with Gasteiger partial charge in [0.05, 0.1) is 24.4 Å². The number of nitrogens with one attached hydrogen (secondary N) is 1. The van der Waals surface area contributed by atoms with Crippen LogP contribution in [0.25, 0.3) is 0 Å². The Hall–Kier alpha value is -0.470. The Bertz CT molecular complexity index is 474. The molecule has 1 saturated heterocycles. The van der Waals surface area contributed by atoms with E-state index in [-0.39, 0.29) is 12.5 Å². The molecule has 19 heavy (non-hydrogen) atoms. The number of aliphatic hydroxyl groups is 2. The zero-order valence-electron chi connectivity index (χ0n) is 10.0. The molecule has 5 nitrogen and oxygen atoms in total. The van der Waals surface area contributed by atoms with E-state index >= 15 is 0 Å². The highest BCUT2D eigenvalue weighted by Crippen LogP contribution is 2.26. The fourth-order valence-electron chi connectivity index (χ4n) is 1.96. The summed E-state index contributed by atoms with van der Waals surface area (Å²) in [6.07, 6.45) is -1.54. The summed E-state index contributed by atoms with van der Waals surface area (Å²) in [5.41, 5.74) is 0.688. The number of nitrogens with zero attached hydrogens (tertiary/aromatic N) is 1. The normalized spacial score (nSPS) is 23.6. The van der Waals surface area contributed by atoms with E-state index in [0.717, 1.165) is 8.95 Å². The van der Waals surface area contributed by atoms with Gasteiger partial charge in [0.25, 0.3) is 0 Å². The molecule has 2 rings (SSSR count). The number of halogens is 2. The van der Waals surface area contributed by atoms with Gasteiger partial charge in [-0.25, -0.2) is 0 Å². The number of aliphatic hydroxyl groups excluding tert-OH is 2. The van der Waals surface area contributed by atoms with Crippen molar-refractivity contribution in [2.75, 3.05) is 25.0 Å². The van der Waals surface area contributed by atoms with Crippen molar-refractivity contribution in [3.05, 3.63) is 27.1 Å². The predicted molar refractivity (Wildman–Crippen MR) is 78.9 cm³/mol. The van der Waals surface area contributed by atoms with Crippen molar-refractivity contribution in [1.29, 1.82) is 0 Å². The van der Waals surface area contributed by atoms with Gasteiger partial charge in [0, 0.05) is 22.0 Å². The van der Waals surface area contributed by atoms with E-state index in [1.54, 1.807) is 11.0 Å². The average molecular weight is 394 g/mol. The first kappa shape index (κ1) is 14.9. The second kappa shape index (κ2) is 6.32. The Morgan fingerprint density at radius 2 is 1.95 bits per heavy atom. The first-order valence-electron chi connectivity index (χ1n) is 5.79. The highest BCUT2D eigenvalue weighted by Gasteiger charge is 2.30. The summed E-state index contributed by atoms with van der Waals surface area (Å²) in [5.74, 6) is -0.177. The maximum atomic E-state index is 11.9. The molecule has 2 atom stereocenters. The van der Waals surface area contributed by atoms with E-state index in [9.17, 15) is 15.0 Å². The molecule has 7 heteroatoms. The van der Waals surface area contributed by atoms with Gasteiger partial charge in [-0.3, -0.25) is 9.69 Å². The van der Waals surface area contributed by atoms with E-state index in [1.165, 1.54) is 0 Å². The topological polar surface area (TPSA) is 72.8 Å². The smallest absolute Gasteiger partial charge is 0.238 e. The van der Waals surface area contributed by atoms with E-state index < -0.39 is 12.2 Å². The van der Waals surface area contributed by atoms with Crippen LogP contribution in [0.2, 0.25) is 0 Å². The third-order valence-electron chi connectivity index (χ3n) is 2.91. The van der Waals surface area contributed by atoms with Crippen LogP contribution in [0.1, 0.15) is 0 Å². The van der Waals surface area contributed by atoms with Gasteiger partial charge < -0.3 is 15.5 Å². The Morgan fingerprint density at radius 1 is 1.32 bits per heavy atom. The van der Waals surface area contributed by atoms with Gasteiger partial charge in [0.2, 0.25) is 5.91 Å². The van der Waals surface area contributed by atoms with E-state index in [0.29, 0.717) is 18.8 Å². The Labute approximate surface area is 127 Å². The first-order valence-corrected chi connectivity index (χ1v) is 7.37. The highest BCUT2D eigenvalue weighted by molar-refractivity contribution is 9.11. The molecule has 1 aromatic carbocycles. The lowest BCUT2D eigenvalue weighted by Crippen LogP contribution is -2.32. The largest absolute Gasteiger partial charge is 0.389 e. The summed E-state index contributed by atoms with van der Waals surface area (Å²) >= 11 is 6.71. The van der Waals surface area contributed by atoms with E-state index in [1.807, 2.05) is 12.1 Å². The fraction of sp³-hybridized carbons (Fsp3) is 0.417. The lowest BCUT2D eigenvalue weighted by Gasteiger charge is -2.15. The predicted octanol–water partition coefficient (Wildman–Crippen LogP) is 1.19. The Balaban J connectivity index is 1.91. The molecule has 1 aromatic rings. The molecule has 1 amide bonds. The quantitative estimate of drug-likeness (QED) is 0.721. The van der Waals surface area contributed by atoms with Gasteiger partial charge in [-0.2, -0.15) is 0 Å². The van der Waals surface area contributed by atoms with E-state index in [4.69, 9.17) is 0 Å². The molecule has 0 bridgehead atoms. The number of hydrogen-bond acceptors (Lipinski definition) is 4. The van der Waals surface area contributed by atoms with Gasteiger partial charge in [0.15, 0.2) is 0 Å². The number of likely N-dealkylation sites (tertiary alicyclic amines) is 1. The second-order valence-corrected chi connectivity index (χ2v) is 6.27. The number of rotatable bonds is 3. The highest BCUT2D eigenvalue weighted by atomic mass is 79.9. The SMILES string of the molecule is O=C(CN1CC(O)C(O)C1)Nc1ccc(Br)cc1Br. The van der Waals surface area contributed by atoms with Gasteiger partial charge >= 0.3 is 0 Å². The van der Waals surface area contributed by atoms with Crippen LogP contribution in [0.15, 0.2) is 27.1 Å². The minimum Gasteiger partial charge on any atom is -0.389 e. The molecule has 0 aromatic heterocycles. The van der Waals surface area contributed by atoms with Crippen LogP contribution in [0.3, 0.4) is 0 Å². The lowest BCUT2D eigenvalue weighted by molar-refractivity contribution is -0.117. The molecule has 1 aliphatic heterocycles. The summed E-state index contributed by atoms with van der Waals surface area (Å²) in [5, 5.41) is 21.6. The van der Waals surface area contributed by atoms with Gasteiger partial charge in [-0.15, -0.1) is 0 Å². The maximum absolute atomic E-state index is 11.9. The van der Waals surface area contributed by atoms with Gasteiger partial charge in [0.1, 0.15) is 0 Å². The Morgan fingerprint density at radius 3 is 2.53 bits per heavy atom. The molecule has 0 radical (unpaired) electrons. The van der Waals surface area contributed by atoms with Crippen molar-refractivity contribution >= 4 is 43.5 Å². The van der Waals surface area contributed by atoms with Crippen LogP contribution in [0, 0.1) is 0 Å². The van der Waals surface area contributed by atoms with Crippen LogP contribution in [0.5, 0.6) is 0 Å². The summed E-state index contributed by atoms with van der Waals surface area (Å²) in [6, 6.07) is 5.47. The van der Waals surface area contributed by atoms with Crippen molar-refractivity contribution in [2.45, 2.75) is 12.2 Å². The van der Waals surface area contributed by atoms with Crippen molar-refractivity contribution in [2.24, 2.45) is 0 Å². The van der Waals surface area contributed by atoms with Crippen LogP contribution in [0.4, 0.5) is 5.69 Å². The number of amides is 1. The standard InChI is InChI=1S/C12H14Br2N2O3/c13-7-1-2-9(8(14)3-7)15-12(19)6-16-4-10(17)11(18)5-16/h1-3,10-11,17-18H,4-6H2,(H,15,19). The summed E-state index contributed by atoms with van der Waals surface area (Å²) in [7, 11) is 0. The fourth-order valence-corrected chi connectivity index (χ4v) is 3.11. The van der Waals surface area contributed by atoms with Crippen LogP contribution < -0.4 is 5.32 Å². The number of β-amino-alcohol motifs (C(OH)–C–C–N with tert-alkyl or cyclic N) is 2. The number of carbonyl (C=O) groups is 1. The Kier molecular flexibility index (Phi) is 4.97. The van der Waals surface area contributed by atoms with Crippen molar-refractivity contribution < 1.29 is 15.0 Å². The molecule has 1 heterocycles. The molecule has 1 aliphatic rings. The first-order chi connectivity index (χ1) is 8.95. The number of hydrogen-bond donors (Lipinski definition) is 3. The van der Waals surface area contributed by atoms with Crippen LogP contribution in [-0.2, 0) is 4.79 Å². The molecule has 3 N–H and O–H groups in total. The van der Waals surface area contributed by atoms with Crippen LogP contribution >= 0.6 is 31.9 Å². The summed E-state index contributed by atoms with van der Waals surface area (Å²) in [6.45, 7) is 0.781. The molecular weight excluding hydrogens is 380 g/mol. The zero-order chi connectivity index (χ0) is 14.0. The molecule has 104 valence electrons. The molecular formula is C12H14Br2N2O3. The van der Waals surface area contributed by atoms with Crippen LogP contribution in [-0.4, -0.2) is 52.9 Å². The summed E-state index contributed by atoms with van der Waals surface area (Å²) < 4.78 is 1.71. The average Bonchev–Trinajstić information content (AvgIpc) is 2.62. The number of benzene rings is 1. The molecule has 1 fully saturated rings. The molecule has 0 saturated carbocycles. The minimum atomic E-state index is -0.771. The monoisotopic (exact) mass is 392 g/mol. The third-order valence-corrected chi connectivity index (χ3v) is 4.06.